The summed E-state index contributed by atoms with van der Waals surface area (Å²) in [4.78, 5) is 25.3. The van der Waals surface area contributed by atoms with Crippen molar-refractivity contribution in [1.82, 2.24) is 0 Å². The number of ether oxygens (including phenoxy) is 3. The molecule has 6 heteroatoms. The van der Waals surface area contributed by atoms with E-state index in [0.717, 1.165) is 31.2 Å². The van der Waals surface area contributed by atoms with Gasteiger partial charge in [-0.25, -0.2) is 4.79 Å². The van der Waals surface area contributed by atoms with Gasteiger partial charge in [0.15, 0.2) is 0 Å². The van der Waals surface area contributed by atoms with Crippen molar-refractivity contribution in [3.63, 3.8) is 0 Å². The second-order valence-electron chi connectivity index (χ2n) is 9.12. The predicted octanol–water partition coefficient (Wildman–Crippen LogP) is 5.79. The molecule has 190 valence electrons. The molecule has 1 aromatic carbocycles. The van der Waals surface area contributed by atoms with Gasteiger partial charge in [-0.2, -0.15) is 0 Å². The number of cyclic esters (lactones) is 1. The molecule has 6 nitrogen and oxygen atoms in total. The predicted molar refractivity (Wildman–Crippen MR) is 133 cm³/mol. The first-order chi connectivity index (χ1) is 16.5. The van der Waals surface area contributed by atoms with Crippen LogP contribution in [0.15, 0.2) is 30.4 Å². The van der Waals surface area contributed by atoms with Crippen LogP contribution in [0.3, 0.4) is 0 Å². The molecule has 3 atom stereocenters. The number of unbranched alkanes of at least 4 members (excludes halogenated alkanes) is 4. The molecular weight excluding hydrogens is 432 g/mol. The molecule has 1 aliphatic heterocycles. The molecule has 1 N–H and O–H groups in total. The van der Waals surface area contributed by atoms with E-state index in [4.69, 9.17) is 14.2 Å². The van der Waals surface area contributed by atoms with E-state index in [0.29, 0.717) is 43.6 Å². The van der Waals surface area contributed by atoms with Crippen LogP contribution < -0.4 is 4.74 Å². The monoisotopic (exact) mass is 474 g/mol. The lowest BCUT2D eigenvalue weighted by molar-refractivity contribution is -0.144. The fourth-order valence-corrected chi connectivity index (χ4v) is 4.12. The normalized spacial score (nSPS) is 22.0. The minimum Gasteiger partial charge on any atom is -0.493 e. The number of aliphatic hydroxyl groups excluding tert-OH is 1. The average molecular weight is 475 g/mol. The highest BCUT2D eigenvalue weighted by Crippen LogP contribution is 2.27. The number of aliphatic hydroxyl groups is 1. The van der Waals surface area contributed by atoms with E-state index in [1.165, 1.54) is 12.8 Å². The lowest BCUT2D eigenvalue weighted by Gasteiger charge is -2.25. The fourth-order valence-electron chi connectivity index (χ4n) is 4.12. The molecule has 0 saturated carbocycles. The van der Waals surface area contributed by atoms with Crippen LogP contribution in [0.4, 0.5) is 0 Å². The van der Waals surface area contributed by atoms with Gasteiger partial charge in [0.05, 0.1) is 19.3 Å². The first-order valence-corrected chi connectivity index (χ1v) is 12.9. The fraction of sp³-hybridized carbons (Fsp3) is 0.643. The summed E-state index contributed by atoms with van der Waals surface area (Å²) >= 11 is 0. The number of hydrogen-bond donors (Lipinski definition) is 1. The van der Waals surface area contributed by atoms with Crippen LogP contribution in [-0.2, 0) is 20.7 Å². The summed E-state index contributed by atoms with van der Waals surface area (Å²) in [5.74, 6) is -0.173. The molecule has 34 heavy (non-hydrogen) atoms. The number of benzene rings is 1. The average Bonchev–Trinajstić information content (AvgIpc) is 2.81. The van der Waals surface area contributed by atoms with Crippen molar-refractivity contribution in [2.24, 2.45) is 5.92 Å². The SMILES string of the molecule is CCCCCCCC(=O)OCCC1CC(O)C(C)C/C=C/Cc2cccc(OCC)c2C(=O)O1. The van der Waals surface area contributed by atoms with Crippen LogP contribution in [0.25, 0.3) is 0 Å². The van der Waals surface area contributed by atoms with E-state index < -0.39 is 18.2 Å². The second kappa shape index (κ2) is 15.5. The van der Waals surface area contributed by atoms with Crippen LogP contribution in [0.5, 0.6) is 5.75 Å². The highest BCUT2D eigenvalue weighted by Gasteiger charge is 2.26. The van der Waals surface area contributed by atoms with Gasteiger partial charge in [-0.3, -0.25) is 4.79 Å². The van der Waals surface area contributed by atoms with Gasteiger partial charge in [-0.05, 0) is 43.7 Å². The van der Waals surface area contributed by atoms with Gasteiger partial charge in [-0.1, -0.05) is 63.8 Å². The van der Waals surface area contributed by atoms with Crippen LogP contribution in [0, 0.1) is 5.92 Å². The van der Waals surface area contributed by atoms with Crippen molar-refractivity contribution in [3.05, 3.63) is 41.5 Å². The molecule has 2 rings (SSSR count). The topological polar surface area (TPSA) is 82.1 Å². The zero-order valence-electron chi connectivity index (χ0n) is 21.1. The Labute approximate surface area is 204 Å². The third kappa shape index (κ3) is 9.49. The van der Waals surface area contributed by atoms with Crippen molar-refractivity contribution in [2.75, 3.05) is 13.2 Å². The number of allylic oxidation sites excluding steroid dienone is 2. The number of carbonyl (C=O) groups excluding carboxylic acids is 2. The number of hydrogen-bond acceptors (Lipinski definition) is 6. The van der Waals surface area contributed by atoms with Crippen molar-refractivity contribution in [1.29, 1.82) is 0 Å². The van der Waals surface area contributed by atoms with E-state index in [9.17, 15) is 14.7 Å². The number of fused-ring (bicyclic) bond motifs is 1. The number of rotatable bonds is 11. The lowest BCUT2D eigenvalue weighted by Crippen LogP contribution is -2.29. The van der Waals surface area contributed by atoms with Crippen molar-refractivity contribution < 1.29 is 28.9 Å². The minimum atomic E-state index is -0.627. The molecule has 0 radical (unpaired) electrons. The summed E-state index contributed by atoms with van der Waals surface area (Å²) in [7, 11) is 0. The molecule has 0 fully saturated rings. The summed E-state index contributed by atoms with van der Waals surface area (Å²) < 4.78 is 17.0. The Morgan fingerprint density at radius 2 is 1.94 bits per heavy atom. The van der Waals surface area contributed by atoms with E-state index in [1.807, 2.05) is 32.1 Å². The maximum absolute atomic E-state index is 13.2. The van der Waals surface area contributed by atoms with Crippen LogP contribution >= 0.6 is 0 Å². The summed E-state index contributed by atoms with van der Waals surface area (Å²) in [5.41, 5.74) is 1.26. The van der Waals surface area contributed by atoms with E-state index >= 15 is 0 Å². The highest BCUT2D eigenvalue weighted by atomic mass is 16.6. The summed E-state index contributed by atoms with van der Waals surface area (Å²) in [6, 6.07) is 5.56. The zero-order valence-corrected chi connectivity index (χ0v) is 21.1. The third-order valence-corrected chi connectivity index (χ3v) is 6.25. The molecule has 0 aromatic heterocycles. The molecule has 1 heterocycles. The molecule has 1 aromatic rings. The number of carbonyl (C=O) groups is 2. The largest absolute Gasteiger partial charge is 0.493 e. The zero-order chi connectivity index (χ0) is 24.8. The van der Waals surface area contributed by atoms with Gasteiger partial charge in [0.1, 0.15) is 17.4 Å². The maximum Gasteiger partial charge on any atom is 0.342 e. The smallest absolute Gasteiger partial charge is 0.342 e. The van der Waals surface area contributed by atoms with Crippen molar-refractivity contribution in [3.8, 4) is 5.75 Å². The molecule has 0 saturated heterocycles. The second-order valence-corrected chi connectivity index (χ2v) is 9.12. The van der Waals surface area contributed by atoms with Crippen LogP contribution in [0.1, 0.15) is 94.5 Å². The third-order valence-electron chi connectivity index (χ3n) is 6.25. The Morgan fingerprint density at radius 1 is 1.15 bits per heavy atom. The van der Waals surface area contributed by atoms with Gasteiger partial charge >= 0.3 is 11.9 Å². The molecule has 3 unspecified atom stereocenters. The lowest BCUT2D eigenvalue weighted by atomic mass is 9.94. The molecule has 0 aliphatic carbocycles. The minimum absolute atomic E-state index is 0.0248. The van der Waals surface area contributed by atoms with Crippen LogP contribution in [-0.4, -0.2) is 42.5 Å². The Bertz CT molecular complexity index is 787. The molecule has 1 aliphatic rings. The van der Waals surface area contributed by atoms with Gasteiger partial charge in [0.25, 0.3) is 0 Å². The Morgan fingerprint density at radius 3 is 2.71 bits per heavy atom. The molecular formula is C28H42O6. The van der Waals surface area contributed by atoms with E-state index in [-0.39, 0.29) is 18.5 Å². The van der Waals surface area contributed by atoms with Crippen molar-refractivity contribution in [2.45, 2.75) is 97.2 Å². The van der Waals surface area contributed by atoms with Crippen molar-refractivity contribution >= 4 is 11.9 Å². The Kier molecular flexibility index (Phi) is 12.8. The van der Waals surface area contributed by atoms with Gasteiger partial charge < -0.3 is 19.3 Å². The quantitative estimate of drug-likeness (QED) is 0.248. The van der Waals surface area contributed by atoms with Gasteiger partial charge in [0.2, 0.25) is 0 Å². The molecule has 0 bridgehead atoms. The number of esters is 2. The van der Waals surface area contributed by atoms with Gasteiger partial charge in [-0.15, -0.1) is 0 Å². The molecule has 0 spiro atoms. The Hall–Kier alpha value is -2.34. The first-order valence-electron chi connectivity index (χ1n) is 12.9. The van der Waals surface area contributed by atoms with Crippen LogP contribution in [0.2, 0.25) is 0 Å². The summed E-state index contributed by atoms with van der Waals surface area (Å²) in [5, 5.41) is 10.7. The summed E-state index contributed by atoms with van der Waals surface area (Å²) in [6.07, 6.45) is 10.6. The first kappa shape index (κ1) is 27.9. The van der Waals surface area contributed by atoms with Gasteiger partial charge in [0, 0.05) is 19.3 Å². The standard InChI is InChI=1S/C28H42O6/c1-4-6-7-8-9-17-26(30)33-19-18-23-20-24(29)21(3)13-10-11-14-22-15-12-16-25(32-5-2)27(22)28(31)34-23/h10-12,15-16,21,23-24,29H,4-9,13-14,17-20H2,1-3H3/b11-10+. The molecule has 0 amide bonds. The van der Waals surface area contributed by atoms with E-state index in [1.54, 1.807) is 6.07 Å². The van der Waals surface area contributed by atoms with E-state index in [2.05, 4.69) is 13.0 Å². The maximum atomic E-state index is 13.2. The Balaban J connectivity index is 2.06. The highest BCUT2D eigenvalue weighted by molar-refractivity contribution is 5.94. The summed E-state index contributed by atoms with van der Waals surface area (Å²) in [6.45, 7) is 6.62.